The molecule has 2 aromatic heterocycles. The van der Waals surface area contributed by atoms with Gasteiger partial charge in [0, 0.05) is 19.4 Å². The van der Waals surface area contributed by atoms with Crippen molar-refractivity contribution in [1.29, 1.82) is 0 Å². The Balaban J connectivity index is 1.88. The molecular formula is C14H21N3OS. The van der Waals surface area contributed by atoms with Crippen molar-refractivity contribution in [1.82, 2.24) is 15.5 Å². The van der Waals surface area contributed by atoms with Crippen molar-refractivity contribution in [2.75, 3.05) is 13.1 Å². The molecule has 0 aliphatic heterocycles. The number of furan rings is 1. The van der Waals surface area contributed by atoms with Crippen LogP contribution in [0.4, 0.5) is 0 Å². The van der Waals surface area contributed by atoms with E-state index in [0.717, 1.165) is 47.5 Å². The first-order valence-electron chi connectivity index (χ1n) is 6.81. The Kier molecular flexibility index (Phi) is 5.10. The van der Waals surface area contributed by atoms with E-state index in [1.807, 2.05) is 12.1 Å². The van der Waals surface area contributed by atoms with Crippen molar-refractivity contribution < 1.29 is 4.42 Å². The van der Waals surface area contributed by atoms with Crippen molar-refractivity contribution in [3.8, 4) is 10.8 Å². The molecule has 0 aliphatic rings. The van der Waals surface area contributed by atoms with E-state index in [1.54, 1.807) is 11.3 Å². The summed E-state index contributed by atoms with van der Waals surface area (Å²) in [6.45, 7) is 8.49. The second-order valence-corrected chi connectivity index (χ2v) is 6.03. The molecule has 2 aromatic rings. The van der Waals surface area contributed by atoms with Crippen LogP contribution in [0.25, 0.3) is 10.8 Å². The summed E-state index contributed by atoms with van der Waals surface area (Å²) in [6.07, 6.45) is 1.83. The summed E-state index contributed by atoms with van der Waals surface area (Å²) >= 11 is 1.61. The first kappa shape index (κ1) is 14.2. The number of nitrogens with one attached hydrogen (secondary N) is 1. The molecule has 0 aromatic carbocycles. The zero-order valence-electron chi connectivity index (χ0n) is 11.8. The molecule has 0 bridgehead atoms. The van der Waals surface area contributed by atoms with Crippen LogP contribution >= 0.6 is 11.3 Å². The minimum Gasteiger partial charge on any atom is -0.459 e. The lowest BCUT2D eigenvalue weighted by molar-refractivity contribution is 0.528. The number of hydrogen-bond acceptors (Lipinski definition) is 5. The Morgan fingerprint density at radius 3 is 2.84 bits per heavy atom. The van der Waals surface area contributed by atoms with Gasteiger partial charge in [0.05, 0.1) is 0 Å². The van der Waals surface area contributed by atoms with Gasteiger partial charge in [-0.3, -0.25) is 0 Å². The average molecular weight is 279 g/mol. The largest absolute Gasteiger partial charge is 0.459 e. The Morgan fingerprint density at radius 2 is 2.16 bits per heavy atom. The predicted octanol–water partition coefficient (Wildman–Crippen LogP) is 3.15. The number of nitrogens with zero attached hydrogens (tertiary/aromatic N) is 2. The summed E-state index contributed by atoms with van der Waals surface area (Å²) in [6, 6.07) is 3.97. The van der Waals surface area contributed by atoms with E-state index in [2.05, 4.69) is 36.3 Å². The first-order valence-corrected chi connectivity index (χ1v) is 7.63. The number of aryl methyl sites for hydroxylation is 1. The molecular weight excluding hydrogens is 258 g/mol. The summed E-state index contributed by atoms with van der Waals surface area (Å²) < 4.78 is 5.68. The van der Waals surface area contributed by atoms with E-state index in [1.165, 1.54) is 0 Å². The summed E-state index contributed by atoms with van der Waals surface area (Å²) in [5.74, 6) is 2.50. The molecule has 0 saturated heterocycles. The maximum absolute atomic E-state index is 5.68. The highest BCUT2D eigenvalue weighted by Gasteiger charge is 2.10. The summed E-state index contributed by atoms with van der Waals surface area (Å²) in [5.41, 5.74) is 0. The van der Waals surface area contributed by atoms with E-state index in [9.17, 15) is 0 Å². The highest BCUT2D eigenvalue weighted by atomic mass is 32.1. The maximum atomic E-state index is 5.68. The van der Waals surface area contributed by atoms with Gasteiger partial charge in [-0.15, -0.1) is 10.2 Å². The molecule has 1 N–H and O–H groups in total. The molecule has 19 heavy (non-hydrogen) atoms. The summed E-state index contributed by atoms with van der Waals surface area (Å²) in [4.78, 5) is 0. The van der Waals surface area contributed by atoms with Crippen LogP contribution in [0.1, 0.15) is 31.5 Å². The van der Waals surface area contributed by atoms with Crippen molar-refractivity contribution >= 4 is 11.3 Å². The quantitative estimate of drug-likeness (QED) is 0.791. The number of rotatable bonds is 7. The molecule has 0 spiro atoms. The van der Waals surface area contributed by atoms with Crippen LogP contribution in [0.5, 0.6) is 0 Å². The third-order valence-electron chi connectivity index (χ3n) is 2.76. The fraction of sp³-hybridized carbons (Fsp3) is 0.571. The normalized spacial score (nSPS) is 11.4. The molecule has 0 radical (unpaired) electrons. The molecule has 0 amide bonds. The second-order valence-electron chi connectivity index (χ2n) is 4.97. The third-order valence-corrected chi connectivity index (χ3v) is 3.75. The van der Waals surface area contributed by atoms with Gasteiger partial charge in [0.15, 0.2) is 10.8 Å². The Hall–Kier alpha value is -1.20. The lowest BCUT2D eigenvalue weighted by Gasteiger charge is -2.04. The first-order chi connectivity index (χ1) is 9.19. The van der Waals surface area contributed by atoms with Gasteiger partial charge in [0.2, 0.25) is 0 Å². The molecule has 2 rings (SSSR count). The minimum absolute atomic E-state index is 0.681. The zero-order chi connectivity index (χ0) is 13.7. The van der Waals surface area contributed by atoms with E-state index in [4.69, 9.17) is 4.42 Å². The van der Waals surface area contributed by atoms with Crippen molar-refractivity contribution in [3.63, 3.8) is 0 Å². The van der Waals surface area contributed by atoms with Crippen LogP contribution in [0, 0.1) is 5.92 Å². The van der Waals surface area contributed by atoms with Gasteiger partial charge in [0.1, 0.15) is 10.8 Å². The van der Waals surface area contributed by atoms with Crippen molar-refractivity contribution in [2.24, 2.45) is 5.92 Å². The zero-order valence-corrected chi connectivity index (χ0v) is 12.6. The molecule has 2 heterocycles. The molecule has 5 heteroatoms. The van der Waals surface area contributed by atoms with Crippen LogP contribution in [-0.4, -0.2) is 23.3 Å². The Bertz CT molecular complexity index is 504. The topological polar surface area (TPSA) is 51.0 Å². The van der Waals surface area contributed by atoms with Crippen LogP contribution in [0.15, 0.2) is 16.5 Å². The van der Waals surface area contributed by atoms with Crippen LogP contribution in [0.2, 0.25) is 0 Å². The summed E-state index contributed by atoms with van der Waals surface area (Å²) in [5, 5.41) is 13.7. The van der Waals surface area contributed by atoms with Gasteiger partial charge in [-0.1, -0.05) is 32.1 Å². The smallest absolute Gasteiger partial charge is 0.183 e. The molecule has 104 valence electrons. The standard InChI is InChI=1S/C14H21N3OS/c1-4-11-5-6-12(18-11)14-17-16-13(19-14)7-8-15-9-10(2)3/h5-6,10,15H,4,7-9H2,1-3H3. The van der Waals surface area contributed by atoms with Gasteiger partial charge in [-0.25, -0.2) is 0 Å². The van der Waals surface area contributed by atoms with Crippen LogP contribution in [-0.2, 0) is 12.8 Å². The number of hydrogen-bond donors (Lipinski definition) is 1. The second kappa shape index (κ2) is 6.82. The molecule has 0 fully saturated rings. The molecule has 0 unspecified atom stereocenters. The number of aromatic nitrogens is 2. The Labute approximate surface area is 118 Å². The fourth-order valence-electron chi connectivity index (χ4n) is 1.72. The van der Waals surface area contributed by atoms with Gasteiger partial charge >= 0.3 is 0 Å². The van der Waals surface area contributed by atoms with Gasteiger partial charge in [-0.2, -0.15) is 0 Å². The predicted molar refractivity (Wildman–Crippen MR) is 78.4 cm³/mol. The lowest BCUT2D eigenvalue weighted by Crippen LogP contribution is -2.22. The Morgan fingerprint density at radius 1 is 1.32 bits per heavy atom. The monoisotopic (exact) mass is 279 g/mol. The van der Waals surface area contributed by atoms with Crippen LogP contribution in [0.3, 0.4) is 0 Å². The average Bonchev–Trinajstić information content (AvgIpc) is 3.02. The fourth-order valence-corrected chi connectivity index (χ4v) is 2.52. The highest BCUT2D eigenvalue weighted by molar-refractivity contribution is 7.14. The SMILES string of the molecule is CCc1ccc(-c2nnc(CCNCC(C)C)s2)o1. The van der Waals surface area contributed by atoms with Crippen molar-refractivity contribution in [3.05, 3.63) is 22.9 Å². The minimum atomic E-state index is 0.681. The molecule has 0 saturated carbocycles. The lowest BCUT2D eigenvalue weighted by atomic mass is 10.2. The maximum Gasteiger partial charge on any atom is 0.183 e. The van der Waals surface area contributed by atoms with Crippen molar-refractivity contribution in [2.45, 2.75) is 33.6 Å². The van der Waals surface area contributed by atoms with E-state index in [-0.39, 0.29) is 0 Å². The molecule has 4 nitrogen and oxygen atoms in total. The van der Waals surface area contributed by atoms with Gasteiger partial charge in [-0.05, 0) is 24.6 Å². The summed E-state index contributed by atoms with van der Waals surface area (Å²) in [7, 11) is 0. The van der Waals surface area contributed by atoms with Gasteiger partial charge < -0.3 is 9.73 Å². The van der Waals surface area contributed by atoms with Crippen LogP contribution < -0.4 is 5.32 Å². The highest BCUT2D eigenvalue weighted by Crippen LogP contribution is 2.25. The van der Waals surface area contributed by atoms with E-state index >= 15 is 0 Å². The molecule has 0 aliphatic carbocycles. The van der Waals surface area contributed by atoms with E-state index in [0.29, 0.717) is 5.92 Å². The van der Waals surface area contributed by atoms with Gasteiger partial charge in [0.25, 0.3) is 0 Å². The van der Waals surface area contributed by atoms with E-state index < -0.39 is 0 Å². The molecule has 0 atom stereocenters. The third kappa shape index (κ3) is 4.14.